The number of amides is 1. The Bertz CT molecular complexity index is 799. The van der Waals surface area contributed by atoms with Crippen LogP contribution in [0.4, 0.5) is 0 Å². The summed E-state index contributed by atoms with van der Waals surface area (Å²) in [5.41, 5.74) is 1.24. The fourth-order valence-electron chi connectivity index (χ4n) is 3.27. The van der Waals surface area contributed by atoms with E-state index in [1.54, 1.807) is 4.90 Å². The van der Waals surface area contributed by atoms with E-state index in [4.69, 9.17) is 4.74 Å². The third-order valence-corrected chi connectivity index (χ3v) is 6.23. The molecule has 1 atom stereocenters. The molecule has 2 aliphatic rings. The zero-order valence-corrected chi connectivity index (χ0v) is 15.9. The Morgan fingerprint density at radius 3 is 2.41 bits per heavy atom. The van der Waals surface area contributed by atoms with Gasteiger partial charge in [-0.05, 0) is 5.56 Å². The highest BCUT2D eigenvalue weighted by atomic mass is 32.2. The smallest absolute Gasteiger partial charge is 0.306 e. The molecule has 0 aliphatic carbocycles. The molecule has 1 saturated heterocycles. The molecule has 0 N–H and O–H groups in total. The lowest BCUT2D eigenvalue weighted by atomic mass is 10.1. The molecule has 0 aromatic heterocycles. The van der Waals surface area contributed by atoms with E-state index in [1.165, 1.54) is 11.6 Å². The molecular weight excluding hydrogens is 368 g/mol. The number of esters is 1. The minimum Gasteiger partial charge on any atom is -0.456 e. The van der Waals surface area contributed by atoms with E-state index in [-0.39, 0.29) is 30.6 Å². The Balaban J connectivity index is 1.36. The second-order valence-corrected chi connectivity index (χ2v) is 8.86. The molecule has 1 aromatic rings. The van der Waals surface area contributed by atoms with Crippen LogP contribution >= 0.6 is 0 Å². The minimum atomic E-state index is -3.19. The lowest BCUT2D eigenvalue weighted by Gasteiger charge is -2.34. The first-order valence-electron chi connectivity index (χ1n) is 9.02. The normalized spacial score (nSPS) is 21.9. The summed E-state index contributed by atoms with van der Waals surface area (Å²) in [4.78, 5) is 28.0. The Morgan fingerprint density at radius 2 is 1.78 bits per heavy atom. The summed E-state index contributed by atoms with van der Waals surface area (Å²) in [5.74, 6) is -1.19. The molecule has 27 heavy (non-hydrogen) atoms. The van der Waals surface area contributed by atoms with Crippen LogP contribution in [0.3, 0.4) is 0 Å². The SMILES string of the molecule is O=C(CC1C=CS(=O)(=O)C1)OCC(=O)N1CCN(Cc2ccccc2)CC1. The van der Waals surface area contributed by atoms with E-state index in [0.29, 0.717) is 13.1 Å². The second-order valence-electron chi connectivity index (χ2n) is 6.93. The van der Waals surface area contributed by atoms with Gasteiger partial charge in [0.15, 0.2) is 16.4 Å². The number of rotatable bonds is 6. The summed E-state index contributed by atoms with van der Waals surface area (Å²) in [7, 11) is -3.19. The highest BCUT2D eigenvalue weighted by Gasteiger charge is 2.26. The van der Waals surface area contributed by atoms with Gasteiger partial charge in [0.05, 0.1) is 12.2 Å². The van der Waals surface area contributed by atoms with Crippen LogP contribution in [0.5, 0.6) is 0 Å². The van der Waals surface area contributed by atoms with Gasteiger partial charge < -0.3 is 9.64 Å². The van der Waals surface area contributed by atoms with Gasteiger partial charge in [0.25, 0.3) is 5.91 Å². The highest BCUT2D eigenvalue weighted by Crippen LogP contribution is 2.18. The fourth-order valence-corrected chi connectivity index (χ4v) is 4.67. The van der Waals surface area contributed by atoms with E-state index in [2.05, 4.69) is 17.0 Å². The van der Waals surface area contributed by atoms with Gasteiger partial charge in [-0.1, -0.05) is 36.4 Å². The maximum Gasteiger partial charge on any atom is 0.306 e. The number of hydrogen-bond donors (Lipinski definition) is 0. The predicted octanol–water partition coefficient (Wildman–Crippen LogP) is 0.822. The van der Waals surface area contributed by atoms with Crippen molar-refractivity contribution in [1.29, 1.82) is 0 Å². The van der Waals surface area contributed by atoms with Gasteiger partial charge in [0, 0.05) is 44.0 Å². The molecule has 1 aromatic carbocycles. The van der Waals surface area contributed by atoms with Crippen molar-refractivity contribution in [2.45, 2.75) is 13.0 Å². The number of carbonyl (C=O) groups excluding carboxylic acids is 2. The summed E-state index contributed by atoms with van der Waals surface area (Å²) in [6, 6.07) is 10.2. The molecule has 1 amide bonds. The molecule has 0 bridgehead atoms. The molecule has 7 nitrogen and oxygen atoms in total. The predicted molar refractivity (Wildman–Crippen MR) is 100 cm³/mol. The van der Waals surface area contributed by atoms with Crippen LogP contribution in [0.15, 0.2) is 41.8 Å². The molecule has 2 aliphatic heterocycles. The van der Waals surface area contributed by atoms with E-state index in [9.17, 15) is 18.0 Å². The Morgan fingerprint density at radius 1 is 1.07 bits per heavy atom. The van der Waals surface area contributed by atoms with Crippen molar-refractivity contribution in [2.75, 3.05) is 38.5 Å². The van der Waals surface area contributed by atoms with Crippen LogP contribution in [-0.2, 0) is 30.7 Å². The largest absolute Gasteiger partial charge is 0.456 e. The molecular formula is C19H24N2O5S. The molecule has 2 heterocycles. The van der Waals surface area contributed by atoms with Crippen LogP contribution in [0, 0.1) is 5.92 Å². The molecule has 1 fully saturated rings. The topological polar surface area (TPSA) is 84.0 Å². The number of piperazine rings is 1. The zero-order chi connectivity index (χ0) is 19.3. The number of nitrogens with zero attached hydrogens (tertiary/aromatic N) is 2. The summed E-state index contributed by atoms with van der Waals surface area (Å²) < 4.78 is 27.7. The monoisotopic (exact) mass is 392 g/mol. The van der Waals surface area contributed by atoms with Crippen molar-refractivity contribution in [3.63, 3.8) is 0 Å². The number of sulfone groups is 1. The molecule has 3 rings (SSSR count). The van der Waals surface area contributed by atoms with Crippen molar-refractivity contribution in [2.24, 2.45) is 5.92 Å². The highest BCUT2D eigenvalue weighted by molar-refractivity contribution is 7.94. The summed E-state index contributed by atoms with van der Waals surface area (Å²) in [6.45, 7) is 3.33. The number of carbonyl (C=O) groups is 2. The van der Waals surface area contributed by atoms with E-state index >= 15 is 0 Å². The maximum atomic E-state index is 12.2. The van der Waals surface area contributed by atoms with Gasteiger partial charge in [-0.3, -0.25) is 14.5 Å². The number of ether oxygens (including phenoxy) is 1. The Kier molecular flexibility index (Phi) is 6.28. The van der Waals surface area contributed by atoms with Gasteiger partial charge in [-0.25, -0.2) is 8.42 Å². The van der Waals surface area contributed by atoms with Crippen LogP contribution in [0.1, 0.15) is 12.0 Å². The van der Waals surface area contributed by atoms with Gasteiger partial charge in [0.2, 0.25) is 0 Å². The number of allylic oxidation sites excluding steroid dienone is 1. The third-order valence-electron chi connectivity index (χ3n) is 4.76. The standard InChI is InChI=1S/C19H24N2O5S/c22-18(14-26-19(23)12-17-6-11-27(24,25)15-17)21-9-7-20(8-10-21)13-16-4-2-1-3-5-16/h1-6,11,17H,7-10,12-15H2. The quantitative estimate of drug-likeness (QED) is 0.667. The van der Waals surface area contributed by atoms with E-state index < -0.39 is 15.8 Å². The van der Waals surface area contributed by atoms with Crippen molar-refractivity contribution in [3.8, 4) is 0 Å². The van der Waals surface area contributed by atoms with Gasteiger partial charge in [-0.15, -0.1) is 0 Å². The lowest BCUT2D eigenvalue weighted by molar-refractivity contribution is -0.153. The van der Waals surface area contributed by atoms with Crippen molar-refractivity contribution < 1.29 is 22.7 Å². The molecule has 0 radical (unpaired) electrons. The van der Waals surface area contributed by atoms with E-state index in [0.717, 1.165) is 25.0 Å². The molecule has 0 spiro atoms. The Labute approximate surface area is 159 Å². The van der Waals surface area contributed by atoms with Crippen molar-refractivity contribution >= 4 is 21.7 Å². The number of benzene rings is 1. The van der Waals surface area contributed by atoms with Crippen LogP contribution < -0.4 is 0 Å². The van der Waals surface area contributed by atoms with Gasteiger partial charge in [-0.2, -0.15) is 0 Å². The third kappa shape index (κ3) is 5.90. The van der Waals surface area contributed by atoms with Crippen LogP contribution in [0.2, 0.25) is 0 Å². The fraction of sp³-hybridized carbons (Fsp3) is 0.474. The first kappa shape index (κ1) is 19.6. The molecule has 0 saturated carbocycles. The first-order valence-corrected chi connectivity index (χ1v) is 10.7. The summed E-state index contributed by atoms with van der Waals surface area (Å²) in [6.07, 6.45) is 1.48. The van der Waals surface area contributed by atoms with Crippen molar-refractivity contribution in [1.82, 2.24) is 9.80 Å². The van der Waals surface area contributed by atoms with Crippen LogP contribution in [-0.4, -0.2) is 68.6 Å². The first-order chi connectivity index (χ1) is 12.9. The second kappa shape index (κ2) is 8.67. The summed E-state index contributed by atoms with van der Waals surface area (Å²) in [5, 5.41) is 1.13. The average molecular weight is 392 g/mol. The minimum absolute atomic E-state index is 0.0200. The van der Waals surface area contributed by atoms with E-state index in [1.807, 2.05) is 18.2 Å². The zero-order valence-electron chi connectivity index (χ0n) is 15.1. The average Bonchev–Trinajstić information content (AvgIpc) is 2.99. The maximum absolute atomic E-state index is 12.2. The summed E-state index contributed by atoms with van der Waals surface area (Å²) >= 11 is 0. The van der Waals surface area contributed by atoms with Crippen LogP contribution in [0.25, 0.3) is 0 Å². The molecule has 8 heteroatoms. The lowest BCUT2D eigenvalue weighted by Crippen LogP contribution is -2.49. The van der Waals surface area contributed by atoms with Crippen molar-refractivity contribution in [3.05, 3.63) is 47.4 Å². The number of hydrogen-bond acceptors (Lipinski definition) is 6. The molecule has 1 unspecified atom stereocenters. The van der Waals surface area contributed by atoms with Gasteiger partial charge in [0.1, 0.15) is 0 Å². The molecule has 146 valence electrons. The Hall–Kier alpha value is -2.19. The van der Waals surface area contributed by atoms with Gasteiger partial charge >= 0.3 is 5.97 Å².